The number of carbonyl (C=O) groups is 1. The smallest absolute Gasteiger partial charge is 0.312 e. The molecular weight excluding hydrogens is 414 g/mol. The van der Waals surface area contributed by atoms with Crippen LogP contribution in [0.25, 0.3) is 0 Å². The average Bonchev–Trinajstić information content (AvgIpc) is 3.19. The molecule has 0 aliphatic rings. The van der Waals surface area contributed by atoms with Crippen LogP contribution in [0.5, 0.6) is 0 Å². The SMILES string of the molecule is CCCCc1ncc(C(O)C(Cc2ccncc2)C(=O)OC)n1Cc1ccccc1Cl. The molecule has 0 saturated carbocycles. The highest BCUT2D eigenvalue weighted by molar-refractivity contribution is 6.31. The monoisotopic (exact) mass is 441 g/mol. The fraction of sp³-hybridized carbons (Fsp3) is 0.375. The van der Waals surface area contributed by atoms with E-state index in [1.807, 2.05) is 41.0 Å². The predicted octanol–water partition coefficient (Wildman–Crippen LogP) is 4.39. The number of aliphatic hydroxyl groups excluding tert-OH is 1. The van der Waals surface area contributed by atoms with E-state index in [1.54, 1.807) is 18.6 Å². The molecule has 1 N–H and O–H groups in total. The summed E-state index contributed by atoms with van der Waals surface area (Å²) in [6.07, 6.45) is 7.04. The van der Waals surface area contributed by atoms with E-state index in [0.29, 0.717) is 23.7 Å². The summed E-state index contributed by atoms with van der Waals surface area (Å²) < 4.78 is 6.99. The van der Waals surface area contributed by atoms with Gasteiger partial charge in [0, 0.05) is 23.8 Å². The standard InChI is InChI=1S/C24H28ClN3O3/c1-3-4-9-22-27-15-21(28(22)16-18-7-5-6-8-20(18)25)23(29)19(24(30)31-2)14-17-10-12-26-13-11-17/h5-8,10-13,15,19,23,29H,3-4,9,14,16H2,1-2H3. The molecule has 0 radical (unpaired) electrons. The molecule has 6 nitrogen and oxygen atoms in total. The van der Waals surface area contributed by atoms with Crippen LogP contribution >= 0.6 is 11.6 Å². The number of ether oxygens (including phenoxy) is 1. The van der Waals surface area contributed by atoms with Gasteiger partial charge in [-0.1, -0.05) is 43.1 Å². The van der Waals surface area contributed by atoms with Crippen molar-refractivity contribution in [1.82, 2.24) is 14.5 Å². The average molecular weight is 442 g/mol. The van der Waals surface area contributed by atoms with Crippen molar-refractivity contribution >= 4 is 17.6 Å². The minimum Gasteiger partial charge on any atom is -0.469 e. The normalized spacial score (nSPS) is 13.0. The first-order valence-corrected chi connectivity index (χ1v) is 10.9. The van der Waals surface area contributed by atoms with Crippen molar-refractivity contribution in [3.63, 3.8) is 0 Å². The van der Waals surface area contributed by atoms with Gasteiger partial charge in [0.1, 0.15) is 11.9 Å². The lowest BCUT2D eigenvalue weighted by Crippen LogP contribution is -2.28. The number of aromatic nitrogens is 3. The maximum absolute atomic E-state index is 12.6. The molecule has 0 aliphatic carbocycles. The predicted molar refractivity (Wildman–Crippen MR) is 120 cm³/mol. The Morgan fingerprint density at radius 3 is 2.65 bits per heavy atom. The first kappa shape index (κ1) is 23.0. The van der Waals surface area contributed by atoms with E-state index in [-0.39, 0.29) is 0 Å². The van der Waals surface area contributed by atoms with Gasteiger partial charge in [0.25, 0.3) is 0 Å². The molecule has 164 valence electrons. The van der Waals surface area contributed by atoms with Crippen LogP contribution < -0.4 is 0 Å². The van der Waals surface area contributed by atoms with Gasteiger partial charge < -0.3 is 14.4 Å². The maximum atomic E-state index is 12.6. The summed E-state index contributed by atoms with van der Waals surface area (Å²) in [6.45, 7) is 2.59. The number of rotatable bonds is 10. The van der Waals surface area contributed by atoms with Gasteiger partial charge in [-0.15, -0.1) is 0 Å². The number of hydrogen-bond donors (Lipinski definition) is 1. The summed E-state index contributed by atoms with van der Waals surface area (Å²) in [6, 6.07) is 11.3. The number of pyridine rings is 1. The van der Waals surface area contributed by atoms with Crippen molar-refractivity contribution in [2.24, 2.45) is 5.92 Å². The summed E-state index contributed by atoms with van der Waals surface area (Å²) in [5.41, 5.74) is 2.40. The zero-order valence-corrected chi connectivity index (χ0v) is 18.6. The molecule has 2 unspecified atom stereocenters. The number of esters is 1. The minimum absolute atomic E-state index is 0.331. The number of halogens is 1. The van der Waals surface area contributed by atoms with Gasteiger partial charge in [-0.2, -0.15) is 0 Å². The van der Waals surface area contributed by atoms with Crippen molar-refractivity contribution in [3.05, 3.63) is 82.7 Å². The second-order valence-electron chi connectivity index (χ2n) is 7.51. The summed E-state index contributed by atoms with van der Waals surface area (Å²) in [5, 5.41) is 12.0. The number of carbonyl (C=O) groups excluding carboxylic acids is 1. The molecule has 1 aromatic carbocycles. The highest BCUT2D eigenvalue weighted by Gasteiger charge is 2.32. The van der Waals surface area contributed by atoms with Crippen LogP contribution in [-0.2, 0) is 28.9 Å². The topological polar surface area (TPSA) is 77.2 Å². The molecule has 0 fully saturated rings. The van der Waals surface area contributed by atoms with Crippen molar-refractivity contribution in [3.8, 4) is 0 Å². The van der Waals surface area contributed by atoms with Gasteiger partial charge in [-0.25, -0.2) is 4.98 Å². The molecule has 3 rings (SSSR count). The van der Waals surface area contributed by atoms with Crippen LogP contribution in [0.3, 0.4) is 0 Å². The van der Waals surface area contributed by atoms with Gasteiger partial charge in [-0.05, 0) is 42.2 Å². The molecule has 31 heavy (non-hydrogen) atoms. The van der Waals surface area contributed by atoms with Crippen molar-refractivity contribution in [1.29, 1.82) is 0 Å². The van der Waals surface area contributed by atoms with Crippen LogP contribution in [-0.4, -0.2) is 32.7 Å². The molecule has 0 saturated heterocycles. The largest absolute Gasteiger partial charge is 0.469 e. The Morgan fingerprint density at radius 2 is 1.97 bits per heavy atom. The number of aryl methyl sites for hydroxylation is 1. The van der Waals surface area contributed by atoms with Crippen LogP contribution in [0.2, 0.25) is 5.02 Å². The van der Waals surface area contributed by atoms with Gasteiger partial charge in [0.2, 0.25) is 0 Å². The third kappa shape index (κ3) is 5.71. The van der Waals surface area contributed by atoms with E-state index in [0.717, 1.165) is 36.2 Å². The molecule has 0 amide bonds. The minimum atomic E-state index is -1.08. The Balaban J connectivity index is 1.97. The summed E-state index contributed by atoms with van der Waals surface area (Å²) in [7, 11) is 1.34. The van der Waals surface area contributed by atoms with Gasteiger partial charge in [-0.3, -0.25) is 9.78 Å². The molecule has 3 aromatic rings. The Bertz CT molecular complexity index is 991. The van der Waals surface area contributed by atoms with E-state index >= 15 is 0 Å². The molecule has 0 bridgehead atoms. The number of benzene rings is 1. The van der Waals surface area contributed by atoms with Crippen LogP contribution in [0.1, 0.15) is 48.5 Å². The van der Waals surface area contributed by atoms with Crippen LogP contribution in [0.15, 0.2) is 55.0 Å². The van der Waals surface area contributed by atoms with Gasteiger partial charge >= 0.3 is 5.97 Å². The fourth-order valence-electron chi connectivity index (χ4n) is 3.63. The quantitative estimate of drug-likeness (QED) is 0.472. The van der Waals surface area contributed by atoms with E-state index in [1.165, 1.54) is 7.11 Å². The zero-order valence-electron chi connectivity index (χ0n) is 17.9. The van der Waals surface area contributed by atoms with E-state index < -0.39 is 18.0 Å². The van der Waals surface area contributed by atoms with Crippen molar-refractivity contribution in [2.45, 2.75) is 45.3 Å². The number of methoxy groups -OCH3 is 1. The summed E-state index contributed by atoms with van der Waals surface area (Å²) in [4.78, 5) is 21.2. The number of hydrogen-bond acceptors (Lipinski definition) is 5. The van der Waals surface area contributed by atoms with Crippen LogP contribution in [0, 0.1) is 5.92 Å². The molecule has 2 aromatic heterocycles. The maximum Gasteiger partial charge on any atom is 0.312 e. The molecule has 0 aliphatic heterocycles. The second kappa shape index (κ2) is 11.1. The van der Waals surface area contributed by atoms with Crippen molar-refractivity contribution < 1.29 is 14.6 Å². The summed E-state index contributed by atoms with van der Waals surface area (Å²) >= 11 is 6.40. The van der Waals surface area contributed by atoms with Crippen molar-refractivity contribution in [2.75, 3.05) is 7.11 Å². The number of aliphatic hydroxyl groups is 1. The third-order valence-corrected chi connectivity index (χ3v) is 5.77. The lowest BCUT2D eigenvalue weighted by molar-refractivity contribution is -0.149. The number of imidazole rings is 1. The lowest BCUT2D eigenvalue weighted by Gasteiger charge is -2.23. The second-order valence-corrected chi connectivity index (χ2v) is 7.92. The van der Waals surface area contributed by atoms with E-state index in [2.05, 4.69) is 16.9 Å². The molecular formula is C24H28ClN3O3. The Labute approximate surface area is 187 Å². The number of unbranched alkanes of at least 4 members (excludes halogenated alkanes) is 1. The molecule has 7 heteroatoms. The van der Waals surface area contributed by atoms with Gasteiger partial charge in [0.15, 0.2) is 0 Å². The first-order chi connectivity index (χ1) is 15.0. The number of nitrogens with zero attached hydrogens (tertiary/aromatic N) is 3. The van der Waals surface area contributed by atoms with E-state index in [9.17, 15) is 9.90 Å². The van der Waals surface area contributed by atoms with Crippen LogP contribution in [0.4, 0.5) is 0 Å². The summed E-state index contributed by atoms with van der Waals surface area (Å²) in [5.74, 6) is -0.374. The Morgan fingerprint density at radius 1 is 1.23 bits per heavy atom. The van der Waals surface area contributed by atoms with Gasteiger partial charge in [0.05, 0.1) is 31.5 Å². The highest BCUT2D eigenvalue weighted by atomic mass is 35.5. The molecule has 2 atom stereocenters. The highest BCUT2D eigenvalue weighted by Crippen LogP contribution is 2.29. The third-order valence-electron chi connectivity index (χ3n) is 5.40. The Kier molecular flexibility index (Phi) is 8.20. The zero-order chi connectivity index (χ0) is 22.2. The fourth-order valence-corrected chi connectivity index (χ4v) is 3.83. The van der Waals surface area contributed by atoms with E-state index in [4.69, 9.17) is 16.3 Å². The Hall–Kier alpha value is -2.70. The molecule has 0 spiro atoms. The lowest BCUT2D eigenvalue weighted by atomic mass is 9.92. The molecule has 2 heterocycles. The first-order valence-electron chi connectivity index (χ1n) is 10.5.